The number of nitrogens with one attached hydrogen (secondary N) is 2. The van der Waals surface area contributed by atoms with Gasteiger partial charge in [-0.1, -0.05) is 23.8 Å². The zero-order valence-corrected chi connectivity index (χ0v) is 11.9. The first kappa shape index (κ1) is 16.0. The fourth-order valence-electron chi connectivity index (χ4n) is 2.03. The largest absolute Gasteiger partial charge is 0.417 e. The fraction of sp³-hybridized carbons (Fsp3) is 0.385. The summed E-state index contributed by atoms with van der Waals surface area (Å²) in [4.78, 5) is -0.743. The van der Waals surface area contributed by atoms with Crippen molar-refractivity contribution in [2.75, 3.05) is 19.6 Å². The van der Waals surface area contributed by atoms with Crippen molar-refractivity contribution in [2.24, 2.45) is 0 Å². The molecule has 1 aromatic rings. The molecular formula is C13H15F3N2O2S. The molecule has 2 N–H and O–H groups in total. The Labute approximate surface area is 121 Å². The lowest BCUT2D eigenvalue weighted by molar-refractivity contribution is -0.139. The van der Waals surface area contributed by atoms with Gasteiger partial charge in [-0.3, -0.25) is 0 Å². The first-order valence-electron chi connectivity index (χ1n) is 6.35. The molecule has 1 heterocycles. The van der Waals surface area contributed by atoms with Crippen LogP contribution in [0.4, 0.5) is 13.2 Å². The first-order chi connectivity index (χ1) is 9.81. The van der Waals surface area contributed by atoms with Crippen LogP contribution in [-0.4, -0.2) is 28.1 Å². The van der Waals surface area contributed by atoms with Gasteiger partial charge >= 0.3 is 6.18 Å². The topological polar surface area (TPSA) is 58.2 Å². The summed E-state index contributed by atoms with van der Waals surface area (Å²) in [6, 6.07) is 4.16. The van der Waals surface area contributed by atoms with Crippen molar-refractivity contribution in [2.45, 2.75) is 17.5 Å². The van der Waals surface area contributed by atoms with Crippen molar-refractivity contribution in [1.82, 2.24) is 10.0 Å². The van der Waals surface area contributed by atoms with Crippen LogP contribution < -0.4 is 10.0 Å². The molecule has 2 rings (SSSR count). The lowest BCUT2D eigenvalue weighted by atomic mass is 10.1. The molecule has 116 valence electrons. The van der Waals surface area contributed by atoms with Crippen LogP contribution in [-0.2, 0) is 16.2 Å². The number of hydrogen-bond acceptors (Lipinski definition) is 3. The summed E-state index contributed by atoms with van der Waals surface area (Å²) in [5.41, 5.74) is -0.293. The Morgan fingerprint density at radius 1 is 1.24 bits per heavy atom. The van der Waals surface area contributed by atoms with E-state index in [0.717, 1.165) is 30.3 Å². The first-order valence-corrected chi connectivity index (χ1v) is 7.83. The number of hydrogen-bond donors (Lipinski definition) is 2. The highest BCUT2D eigenvalue weighted by Gasteiger charge is 2.36. The lowest BCUT2D eigenvalue weighted by Gasteiger charge is -2.16. The Bertz CT molecular complexity index is 639. The van der Waals surface area contributed by atoms with Gasteiger partial charge in [-0.25, -0.2) is 13.1 Å². The van der Waals surface area contributed by atoms with Crippen molar-refractivity contribution in [1.29, 1.82) is 0 Å². The van der Waals surface area contributed by atoms with Crippen molar-refractivity contribution in [3.8, 4) is 0 Å². The molecular weight excluding hydrogens is 305 g/mol. The van der Waals surface area contributed by atoms with Crippen molar-refractivity contribution < 1.29 is 21.6 Å². The Kier molecular flexibility index (Phi) is 4.70. The van der Waals surface area contributed by atoms with Gasteiger partial charge in [-0.15, -0.1) is 0 Å². The van der Waals surface area contributed by atoms with Crippen LogP contribution >= 0.6 is 0 Å². The van der Waals surface area contributed by atoms with Crippen LogP contribution in [0.15, 0.2) is 40.8 Å². The Hall–Kier alpha value is -1.38. The van der Waals surface area contributed by atoms with Crippen LogP contribution in [0.5, 0.6) is 0 Å². The van der Waals surface area contributed by atoms with Gasteiger partial charge in [0, 0.05) is 13.1 Å². The van der Waals surface area contributed by atoms with E-state index < -0.39 is 26.7 Å². The van der Waals surface area contributed by atoms with Gasteiger partial charge in [0.05, 0.1) is 10.5 Å². The molecule has 1 aliphatic heterocycles. The van der Waals surface area contributed by atoms with Crippen LogP contribution in [0, 0.1) is 0 Å². The van der Waals surface area contributed by atoms with Gasteiger partial charge in [0.15, 0.2) is 0 Å². The van der Waals surface area contributed by atoms with Crippen molar-refractivity contribution >= 4 is 10.0 Å². The van der Waals surface area contributed by atoms with Gasteiger partial charge in [-0.05, 0) is 25.1 Å². The summed E-state index contributed by atoms with van der Waals surface area (Å²) in [5, 5.41) is 3.07. The Morgan fingerprint density at radius 3 is 2.57 bits per heavy atom. The molecule has 21 heavy (non-hydrogen) atoms. The maximum Gasteiger partial charge on any atom is 0.417 e. The van der Waals surface area contributed by atoms with E-state index in [-0.39, 0.29) is 6.54 Å². The van der Waals surface area contributed by atoms with Gasteiger partial charge in [0.2, 0.25) is 10.0 Å². The SMILES string of the molecule is O=S(=O)(NCC1=CCNCC1)c1ccccc1C(F)(F)F. The van der Waals surface area contributed by atoms with Crippen molar-refractivity contribution in [3.63, 3.8) is 0 Å². The lowest BCUT2D eigenvalue weighted by Crippen LogP contribution is -2.30. The maximum atomic E-state index is 12.9. The summed E-state index contributed by atoms with van der Waals surface area (Å²) >= 11 is 0. The number of halogens is 3. The third-order valence-electron chi connectivity index (χ3n) is 3.13. The summed E-state index contributed by atoms with van der Waals surface area (Å²) in [6.07, 6.45) is -2.20. The highest BCUT2D eigenvalue weighted by Crippen LogP contribution is 2.33. The van der Waals surface area contributed by atoms with E-state index in [4.69, 9.17) is 0 Å². The van der Waals surface area contributed by atoms with Gasteiger partial charge in [0.1, 0.15) is 0 Å². The van der Waals surface area contributed by atoms with Gasteiger partial charge in [0.25, 0.3) is 0 Å². The van der Waals surface area contributed by atoms with Crippen LogP contribution in [0.2, 0.25) is 0 Å². The second kappa shape index (κ2) is 6.17. The summed E-state index contributed by atoms with van der Waals surface area (Å²) in [7, 11) is -4.20. The Morgan fingerprint density at radius 2 is 1.95 bits per heavy atom. The number of alkyl halides is 3. The summed E-state index contributed by atoms with van der Waals surface area (Å²) < 4.78 is 65.0. The minimum Gasteiger partial charge on any atom is -0.313 e. The molecule has 0 aromatic heterocycles. The van der Waals surface area contributed by atoms with Crippen LogP contribution in [0.25, 0.3) is 0 Å². The number of benzene rings is 1. The third kappa shape index (κ3) is 4.05. The normalized spacial score (nSPS) is 16.6. The number of sulfonamides is 1. The highest BCUT2D eigenvalue weighted by atomic mass is 32.2. The quantitative estimate of drug-likeness (QED) is 0.833. The van der Waals surface area contributed by atoms with E-state index in [2.05, 4.69) is 10.0 Å². The average molecular weight is 320 g/mol. The summed E-state index contributed by atoms with van der Waals surface area (Å²) in [5.74, 6) is 0. The molecule has 0 saturated heterocycles. The van der Waals surface area contributed by atoms with Crippen molar-refractivity contribution in [3.05, 3.63) is 41.5 Å². The Balaban J connectivity index is 2.22. The molecule has 1 aromatic carbocycles. The molecule has 0 amide bonds. The second-order valence-corrected chi connectivity index (χ2v) is 6.37. The molecule has 0 bridgehead atoms. The highest BCUT2D eigenvalue weighted by molar-refractivity contribution is 7.89. The molecule has 0 spiro atoms. The minimum absolute atomic E-state index is 0.0240. The molecule has 4 nitrogen and oxygen atoms in total. The zero-order chi connectivity index (χ0) is 15.5. The van der Waals surface area contributed by atoms with E-state index >= 15 is 0 Å². The predicted molar refractivity (Wildman–Crippen MR) is 72.2 cm³/mol. The molecule has 0 aliphatic carbocycles. The summed E-state index contributed by atoms with van der Waals surface area (Å²) in [6.45, 7) is 1.39. The monoisotopic (exact) mass is 320 g/mol. The fourth-order valence-corrected chi connectivity index (χ4v) is 3.29. The predicted octanol–water partition coefficient (Wildman–Crippen LogP) is 1.90. The smallest absolute Gasteiger partial charge is 0.313 e. The van der Waals surface area contributed by atoms with E-state index in [1.807, 2.05) is 6.08 Å². The van der Waals surface area contributed by atoms with E-state index in [1.54, 1.807) is 0 Å². The average Bonchev–Trinajstić information content (AvgIpc) is 2.45. The van der Waals surface area contributed by atoms with Gasteiger partial charge in [-0.2, -0.15) is 13.2 Å². The van der Waals surface area contributed by atoms with E-state index in [9.17, 15) is 21.6 Å². The third-order valence-corrected chi connectivity index (χ3v) is 4.59. The molecule has 1 aliphatic rings. The molecule has 8 heteroatoms. The molecule has 0 radical (unpaired) electrons. The molecule has 0 fully saturated rings. The second-order valence-electron chi connectivity index (χ2n) is 4.63. The zero-order valence-electron chi connectivity index (χ0n) is 11.1. The van der Waals surface area contributed by atoms with Crippen LogP contribution in [0.1, 0.15) is 12.0 Å². The minimum atomic E-state index is -4.71. The van der Waals surface area contributed by atoms with E-state index in [0.29, 0.717) is 13.0 Å². The van der Waals surface area contributed by atoms with Crippen LogP contribution in [0.3, 0.4) is 0 Å². The maximum absolute atomic E-state index is 12.9. The van der Waals surface area contributed by atoms with Gasteiger partial charge < -0.3 is 5.32 Å². The standard InChI is InChI=1S/C13H15F3N2O2S/c14-13(15,16)11-3-1-2-4-12(11)21(19,20)18-9-10-5-7-17-8-6-10/h1-5,17-18H,6-9H2. The number of rotatable bonds is 4. The van der Waals surface area contributed by atoms with E-state index in [1.165, 1.54) is 6.07 Å². The molecule has 0 saturated carbocycles. The molecule has 0 atom stereocenters. The molecule has 0 unspecified atom stereocenters.